The molecule has 1 aliphatic rings. The number of nitrogens with zero attached hydrogens (tertiary/aromatic N) is 3. The first-order valence-electron chi connectivity index (χ1n) is 8.56. The standard InChI is InChI=1S/C18H22F2N4O2/c1-11-7-15-14(21-17(11)22-16(25)9-18(3,19)20)5-4-6-24(15)10-13-8-12(2)23-26-13/h7-8H,4-6,9-10H2,1-3H3,(H,21,22,25). The van der Waals surface area contributed by atoms with Crippen LogP contribution in [-0.4, -0.2) is 28.5 Å². The first-order valence-corrected chi connectivity index (χ1v) is 8.56. The first kappa shape index (κ1) is 18.3. The summed E-state index contributed by atoms with van der Waals surface area (Å²) in [6.07, 6.45) is 0.827. The van der Waals surface area contributed by atoms with Crippen molar-refractivity contribution in [3.63, 3.8) is 0 Å². The van der Waals surface area contributed by atoms with Crippen molar-refractivity contribution in [2.45, 2.75) is 52.5 Å². The van der Waals surface area contributed by atoms with Crippen molar-refractivity contribution >= 4 is 17.4 Å². The number of nitrogens with one attached hydrogen (secondary N) is 1. The van der Waals surface area contributed by atoms with E-state index < -0.39 is 18.3 Å². The number of rotatable bonds is 5. The van der Waals surface area contributed by atoms with Crippen LogP contribution in [0.2, 0.25) is 0 Å². The van der Waals surface area contributed by atoms with Crippen molar-refractivity contribution in [2.75, 3.05) is 16.8 Å². The Hall–Kier alpha value is -2.51. The molecule has 3 heterocycles. The maximum absolute atomic E-state index is 13.0. The van der Waals surface area contributed by atoms with E-state index in [9.17, 15) is 13.6 Å². The molecule has 0 atom stereocenters. The largest absolute Gasteiger partial charge is 0.362 e. The molecule has 0 bridgehead atoms. The molecular weight excluding hydrogens is 342 g/mol. The summed E-state index contributed by atoms with van der Waals surface area (Å²) in [4.78, 5) is 18.5. The van der Waals surface area contributed by atoms with Gasteiger partial charge in [0.2, 0.25) is 5.91 Å². The van der Waals surface area contributed by atoms with Gasteiger partial charge < -0.3 is 14.7 Å². The Morgan fingerprint density at radius 3 is 2.81 bits per heavy atom. The van der Waals surface area contributed by atoms with Crippen LogP contribution in [0, 0.1) is 13.8 Å². The molecule has 1 aliphatic heterocycles. The predicted octanol–water partition coefficient (Wildman–Crippen LogP) is 3.62. The van der Waals surface area contributed by atoms with Gasteiger partial charge in [-0.05, 0) is 45.2 Å². The molecule has 0 fully saturated rings. The topological polar surface area (TPSA) is 71.3 Å². The molecule has 1 amide bonds. The number of amides is 1. The van der Waals surface area contributed by atoms with Gasteiger partial charge in [0, 0.05) is 12.6 Å². The Labute approximate surface area is 150 Å². The minimum Gasteiger partial charge on any atom is -0.362 e. The lowest BCUT2D eigenvalue weighted by Crippen LogP contribution is -2.30. The van der Waals surface area contributed by atoms with Crippen molar-refractivity contribution in [1.29, 1.82) is 0 Å². The number of alkyl halides is 2. The number of pyridine rings is 1. The Kier molecular flexibility index (Phi) is 4.93. The van der Waals surface area contributed by atoms with Crippen LogP contribution in [0.3, 0.4) is 0 Å². The van der Waals surface area contributed by atoms with Crippen molar-refractivity contribution in [3.05, 3.63) is 34.8 Å². The molecule has 0 unspecified atom stereocenters. The van der Waals surface area contributed by atoms with Crippen LogP contribution in [0.25, 0.3) is 0 Å². The fourth-order valence-electron chi connectivity index (χ4n) is 3.08. The van der Waals surface area contributed by atoms with Crippen LogP contribution in [0.5, 0.6) is 0 Å². The molecule has 0 saturated heterocycles. The maximum Gasteiger partial charge on any atom is 0.254 e. The van der Waals surface area contributed by atoms with Gasteiger partial charge in [0.05, 0.1) is 30.0 Å². The smallest absolute Gasteiger partial charge is 0.254 e. The lowest BCUT2D eigenvalue weighted by molar-refractivity contribution is -0.122. The number of aryl methyl sites for hydroxylation is 3. The van der Waals surface area contributed by atoms with E-state index in [2.05, 4.69) is 20.4 Å². The number of aromatic nitrogens is 2. The summed E-state index contributed by atoms with van der Waals surface area (Å²) in [7, 11) is 0. The molecule has 0 radical (unpaired) electrons. The van der Waals surface area contributed by atoms with Gasteiger partial charge in [-0.1, -0.05) is 5.16 Å². The lowest BCUT2D eigenvalue weighted by Gasteiger charge is -2.30. The normalized spacial score (nSPS) is 14.3. The van der Waals surface area contributed by atoms with Crippen molar-refractivity contribution < 1.29 is 18.1 Å². The molecule has 0 spiro atoms. The fraction of sp³-hybridized carbons (Fsp3) is 0.500. The number of halogens is 2. The zero-order chi connectivity index (χ0) is 18.9. The van der Waals surface area contributed by atoms with Gasteiger partial charge >= 0.3 is 0 Å². The van der Waals surface area contributed by atoms with E-state index in [4.69, 9.17) is 4.52 Å². The lowest BCUT2D eigenvalue weighted by atomic mass is 10.1. The third-order valence-corrected chi connectivity index (χ3v) is 4.20. The highest BCUT2D eigenvalue weighted by Crippen LogP contribution is 2.31. The number of hydrogen-bond donors (Lipinski definition) is 1. The first-order chi connectivity index (χ1) is 12.2. The predicted molar refractivity (Wildman–Crippen MR) is 93.5 cm³/mol. The summed E-state index contributed by atoms with van der Waals surface area (Å²) in [5, 5.41) is 6.41. The van der Waals surface area contributed by atoms with Crippen LogP contribution < -0.4 is 10.2 Å². The van der Waals surface area contributed by atoms with Gasteiger partial charge in [0.1, 0.15) is 5.82 Å². The highest BCUT2D eigenvalue weighted by Gasteiger charge is 2.27. The second-order valence-corrected chi connectivity index (χ2v) is 6.87. The summed E-state index contributed by atoms with van der Waals surface area (Å²) in [5.41, 5.74) is 3.38. The SMILES string of the molecule is Cc1cc(CN2CCCc3nc(NC(=O)CC(C)(F)F)c(C)cc32)on1. The number of anilines is 2. The van der Waals surface area contributed by atoms with E-state index >= 15 is 0 Å². The van der Waals surface area contributed by atoms with Crippen LogP contribution >= 0.6 is 0 Å². The highest BCUT2D eigenvalue weighted by molar-refractivity contribution is 5.91. The van der Waals surface area contributed by atoms with E-state index in [0.29, 0.717) is 12.4 Å². The molecule has 2 aromatic heterocycles. The summed E-state index contributed by atoms with van der Waals surface area (Å²) >= 11 is 0. The summed E-state index contributed by atoms with van der Waals surface area (Å²) in [6, 6.07) is 3.83. The zero-order valence-electron chi connectivity index (χ0n) is 15.1. The van der Waals surface area contributed by atoms with E-state index in [-0.39, 0.29) is 0 Å². The van der Waals surface area contributed by atoms with Crippen LogP contribution in [0.15, 0.2) is 16.7 Å². The number of hydrogen-bond acceptors (Lipinski definition) is 5. The molecule has 6 nitrogen and oxygen atoms in total. The van der Waals surface area contributed by atoms with Gasteiger partial charge in [-0.15, -0.1) is 0 Å². The number of fused-ring (bicyclic) bond motifs is 1. The third-order valence-electron chi connectivity index (χ3n) is 4.20. The molecule has 140 valence electrons. The molecule has 0 saturated carbocycles. The Balaban J connectivity index is 1.79. The molecular formula is C18H22F2N4O2. The van der Waals surface area contributed by atoms with Crippen LogP contribution in [0.4, 0.5) is 20.3 Å². The molecule has 0 aliphatic carbocycles. The minimum atomic E-state index is -3.04. The molecule has 26 heavy (non-hydrogen) atoms. The van der Waals surface area contributed by atoms with Gasteiger partial charge in [-0.25, -0.2) is 13.8 Å². The van der Waals surface area contributed by atoms with Crippen LogP contribution in [-0.2, 0) is 17.8 Å². The average Bonchev–Trinajstić information content (AvgIpc) is 2.92. The Morgan fingerprint density at radius 1 is 1.38 bits per heavy atom. The monoisotopic (exact) mass is 364 g/mol. The van der Waals surface area contributed by atoms with Gasteiger partial charge in [-0.2, -0.15) is 0 Å². The number of carbonyl (C=O) groups excluding carboxylic acids is 1. The van der Waals surface area contributed by atoms with E-state index in [0.717, 1.165) is 54.7 Å². The van der Waals surface area contributed by atoms with Gasteiger partial charge in [-0.3, -0.25) is 4.79 Å². The molecule has 3 rings (SSSR count). The summed E-state index contributed by atoms with van der Waals surface area (Å²) in [6.45, 7) is 5.85. The van der Waals surface area contributed by atoms with E-state index in [1.807, 2.05) is 19.1 Å². The Morgan fingerprint density at radius 2 is 2.15 bits per heavy atom. The van der Waals surface area contributed by atoms with Gasteiger partial charge in [0.25, 0.3) is 5.92 Å². The molecule has 2 aromatic rings. The summed E-state index contributed by atoms with van der Waals surface area (Å²) in [5.74, 6) is -2.66. The molecule has 1 N–H and O–H groups in total. The number of carbonyl (C=O) groups is 1. The highest BCUT2D eigenvalue weighted by atomic mass is 19.3. The van der Waals surface area contributed by atoms with E-state index in [1.54, 1.807) is 6.92 Å². The maximum atomic E-state index is 13.0. The quantitative estimate of drug-likeness (QED) is 0.877. The second kappa shape index (κ2) is 7.01. The van der Waals surface area contributed by atoms with Crippen molar-refractivity contribution in [1.82, 2.24) is 10.1 Å². The summed E-state index contributed by atoms with van der Waals surface area (Å²) < 4.78 is 31.3. The van der Waals surface area contributed by atoms with Crippen molar-refractivity contribution in [3.8, 4) is 0 Å². The fourth-order valence-corrected chi connectivity index (χ4v) is 3.08. The molecule has 0 aromatic carbocycles. The van der Waals surface area contributed by atoms with E-state index in [1.165, 1.54) is 0 Å². The third kappa shape index (κ3) is 4.36. The molecule has 8 heteroatoms. The minimum absolute atomic E-state index is 0.343. The van der Waals surface area contributed by atoms with Gasteiger partial charge in [0.15, 0.2) is 5.76 Å². The van der Waals surface area contributed by atoms with Crippen molar-refractivity contribution in [2.24, 2.45) is 0 Å². The van der Waals surface area contributed by atoms with Crippen LogP contribution in [0.1, 0.15) is 42.5 Å². The Bertz CT molecular complexity index is 814. The zero-order valence-corrected chi connectivity index (χ0v) is 15.1. The average molecular weight is 364 g/mol. The second-order valence-electron chi connectivity index (χ2n) is 6.87.